The largest absolute Gasteiger partial charge is 0.462 e. The maximum Gasteiger partial charge on any atom is 0.338 e. The smallest absolute Gasteiger partial charge is 0.338 e. The number of ketones is 1. The van der Waals surface area contributed by atoms with Gasteiger partial charge in [-0.25, -0.2) is 4.79 Å². The summed E-state index contributed by atoms with van der Waals surface area (Å²) in [4.78, 5) is 23.9. The minimum atomic E-state index is -0.407. The first-order chi connectivity index (χ1) is 8.24. The SMILES string of the molecule is CCOC(=O)c1ccccc1C(=O)C1CCC1. The zero-order chi connectivity index (χ0) is 12.3. The van der Waals surface area contributed by atoms with Crippen molar-refractivity contribution in [3.8, 4) is 0 Å². The molecular weight excluding hydrogens is 216 g/mol. The number of hydrogen-bond donors (Lipinski definition) is 0. The first kappa shape index (κ1) is 11.8. The summed E-state index contributed by atoms with van der Waals surface area (Å²) in [5.41, 5.74) is 0.905. The van der Waals surface area contributed by atoms with Gasteiger partial charge in [0, 0.05) is 11.5 Å². The van der Waals surface area contributed by atoms with Crippen molar-refractivity contribution in [1.29, 1.82) is 0 Å². The van der Waals surface area contributed by atoms with Gasteiger partial charge < -0.3 is 4.74 Å². The predicted octanol–water partition coefficient (Wildman–Crippen LogP) is 2.85. The van der Waals surface area contributed by atoms with E-state index in [4.69, 9.17) is 4.74 Å². The summed E-state index contributed by atoms with van der Waals surface area (Å²) in [6.07, 6.45) is 2.99. The quantitative estimate of drug-likeness (QED) is 0.592. The molecule has 90 valence electrons. The Kier molecular flexibility index (Phi) is 3.57. The molecule has 0 N–H and O–H groups in total. The minimum Gasteiger partial charge on any atom is -0.462 e. The lowest BCUT2D eigenvalue weighted by Gasteiger charge is -2.24. The molecule has 1 fully saturated rings. The Morgan fingerprint density at radius 3 is 2.41 bits per heavy atom. The van der Waals surface area contributed by atoms with Crippen LogP contribution in [0.15, 0.2) is 24.3 Å². The van der Waals surface area contributed by atoms with Gasteiger partial charge >= 0.3 is 5.97 Å². The molecule has 0 unspecified atom stereocenters. The van der Waals surface area contributed by atoms with Crippen molar-refractivity contribution in [2.75, 3.05) is 6.61 Å². The van der Waals surface area contributed by atoms with Gasteiger partial charge in [-0.1, -0.05) is 24.6 Å². The van der Waals surface area contributed by atoms with Gasteiger partial charge in [-0.05, 0) is 25.8 Å². The molecule has 0 bridgehead atoms. The second-order valence-corrected chi connectivity index (χ2v) is 4.26. The van der Waals surface area contributed by atoms with E-state index in [9.17, 15) is 9.59 Å². The summed E-state index contributed by atoms with van der Waals surface area (Å²) in [6.45, 7) is 2.08. The maximum atomic E-state index is 12.1. The van der Waals surface area contributed by atoms with Crippen molar-refractivity contribution in [1.82, 2.24) is 0 Å². The standard InChI is InChI=1S/C14H16O3/c1-2-17-14(16)12-9-4-3-8-11(12)13(15)10-6-5-7-10/h3-4,8-10H,2,5-7H2,1H3. The molecule has 2 rings (SSSR count). The molecule has 1 aliphatic carbocycles. The van der Waals surface area contributed by atoms with E-state index in [-0.39, 0.29) is 11.7 Å². The molecule has 3 heteroatoms. The first-order valence-electron chi connectivity index (χ1n) is 6.04. The number of carbonyl (C=O) groups excluding carboxylic acids is 2. The van der Waals surface area contributed by atoms with Crippen LogP contribution in [0.2, 0.25) is 0 Å². The minimum absolute atomic E-state index is 0.0832. The molecule has 0 heterocycles. The zero-order valence-electron chi connectivity index (χ0n) is 9.94. The van der Waals surface area contributed by atoms with Gasteiger partial charge in [0.25, 0.3) is 0 Å². The third-order valence-electron chi connectivity index (χ3n) is 3.16. The molecule has 0 aromatic heterocycles. The highest BCUT2D eigenvalue weighted by Crippen LogP contribution is 2.30. The highest BCUT2D eigenvalue weighted by atomic mass is 16.5. The third-order valence-corrected chi connectivity index (χ3v) is 3.16. The highest BCUT2D eigenvalue weighted by molar-refractivity contribution is 6.07. The van der Waals surface area contributed by atoms with Crippen molar-refractivity contribution in [2.45, 2.75) is 26.2 Å². The number of Topliss-reactive ketones (excluding diaryl/α,β-unsaturated/α-hetero) is 1. The van der Waals surface area contributed by atoms with Crippen LogP contribution in [0.5, 0.6) is 0 Å². The molecule has 0 amide bonds. The summed E-state index contributed by atoms with van der Waals surface area (Å²) < 4.78 is 4.96. The Morgan fingerprint density at radius 2 is 1.88 bits per heavy atom. The Hall–Kier alpha value is -1.64. The molecule has 1 saturated carbocycles. The number of benzene rings is 1. The van der Waals surface area contributed by atoms with Crippen LogP contribution in [-0.4, -0.2) is 18.4 Å². The van der Waals surface area contributed by atoms with E-state index in [1.165, 1.54) is 0 Å². The van der Waals surface area contributed by atoms with Crippen LogP contribution in [0.1, 0.15) is 46.9 Å². The maximum absolute atomic E-state index is 12.1. The second-order valence-electron chi connectivity index (χ2n) is 4.26. The van der Waals surface area contributed by atoms with Crippen LogP contribution in [-0.2, 0) is 4.74 Å². The molecule has 1 aliphatic rings. The first-order valence-corrected chi connectivity index (χ1v) is 6.04. The number of rotatable bonds is 4. The Bertz CT molecular complexity index is 433. The highest BCUT2D eigenvalue weighted by Gasteiger charge is 2.29. The van der Waals surface area contributed by atoms with Crippen molar-refractivity contribution in [3.63, 3.8) is 0 Å². The van der Waals surface area contributed by atoms with E-state index in [0.29, 0.717) is 17.7 Å². The molecule has 0 radical (unpaired) electrons. The Morgan fingerprint density at radius 1 is 1.24 bits per heavy atom. The summed E-state index contributed by atoms with van der Waals surface area (Å²) in [7, 11) is 0. The number of hydrogen-bond acceptors (Lipinski definition) is 3. The lowest BCUT2D eigenvalue weighted by Crippen LogP contribution is -2.24. The van der Waals surface area contributed by atoms with E-state index < -0.39 is 5.97 Å². The van der Waals surface area contributed by atoms with Crippen molar-refractivity contribution >= 4 is 11.8 Å². The molecule has 1 aromatic carbocycles. The van der Waals surface area contributed by atoms with E-state index in [0.717, 1.165) is 19.3 Å². The summed E-state index contributed by atoms with van der Waals surface area (Å²) >= 11 is 0. The Labute approximate surface area is 101 Å². The van der Waals surface area contributed by atoms with E-state index in [1.54, 1.807) is 31.2 Å². The van der Waals surface area contributed by atoms with Crippen molar-refractivity contribution < 1.29 is 14.3 Å². The molecule has 1 aromatic rings. The number of esters is 1. The van der Waals surface area contributed by atoms with Crippen LogP contribution in [0.4, 0.5) is 0 Å². The van der Waals surface area contributed by atoms with Gasteiger partial charge in [-0.15, -0.1) is 0 Å². The molecular formula is C14H16O3. The van der Waals surface area contributed by atoms with Crippen LogP contribution in [0.3, 0.4) is 0 Å². The topological polar surface area (TPSA) is 43.4 Å². The van der Waals surface area contributed by atoms with Gasteiger partial charge in [-0.3, -0.25) is 4.79 Å². The number of ether oxygens (including phenoxy) is 1. The summed E-state index contributed by atoms with van der Waals surface area (Å²) in [5.74, 6) is -0.221. The van der Waals surface area contributed by atoms with Gasteiger partial charge in [-0.2, -0.15) is 0 Å². The van der Waals surface area contributed by atoms with Gasteiger partial charge in [0.1, 0.15) is 0 Å². The third kappa shape index (κ3) is 2.38. The van der Waals surface area contributed by atoms with E-state index in [1.807, 2.05) is 0 Å². The normalized spacial score (nSPS) is 15.1. The molecule has 3 nitrogen and oxygen atoms in total. The van der Waals surface area contributed by atoms with Crippen LogP contribution in [0, 0.1) is 5.92 Å². The molecule has 0 aliphatic heterocycles. The second kappa shape index (κ2) is 5.13. The lowest BCUT2D eigenvalue weighted by atomic mass is 9.79. The fourth-order valence-corrected chi connectivity index (χ4v) is 1.98. The molecule has 0 saturated heterocycles. The average Bonchev–Trinajstić information content (AvgIpc) is 2.27. The van der Waals surface area contributed by atoms with Crippen LogP contribution >= 0.6 is 0 Å². The summed E-state index contributed by atoms with van der Waals surface area (Å²) in [6, 6.07) is 6.91. The number of carbonyl (C=O) groups is 2. The monoisotopic (exact) mass is 232 g/mol. The van der Waals surface area contributed by atoms with Crippen LogP contribution < -0.4 is 0 Å². The molecule has 0 spiro atoms. The van der Waals surface area contributed by atoms with E-state index in [2.05, 4.69) is 0 Å². The summed E-state index contributed by atoms with van der Waals surface area (Å²) in [5, 5.41) is 0. The predicted molar refractivity (Wildman–Crippen MR) is 64.1 cm³/mol. The molecule has 17 heavy (non-hydrogen) atoms. The molecule has 0 atom stereocenters. The van der Waals surface area contributed by atoms with E-state index >= 15 is 0 Å². The van der Waals surface area contributed by atoms with Gasteiger partial charge in [0.15, 0.2) is 5.78 Å². The lowest BCUT2D eigenvalue weighted by molar-refractivity contribution is 0.0521. The fourth-order valence-electron chi connectivity index (χ4n) is 1.98. The Balaban J connectivity index is 2.26. The van der Waals surface area contributed by atoms with Gasteiger partial charge in [0.2, 0.25) is 0 Å². The van der Waals surface area contributed by atoms with Gasteiger partial charge in [0.05, 0.1) is 12.2 Å². The fraction of sp³-hybridized carbons (Fsp3) is 0.429. The van der Waals surface area contributed by atoms with Crippen molar-refractivity contribution in [3.05, 3.63) is 35.4 Å². The average molecular weight is 232 g/mol. The zero-order valence-corrected chi connectivity index (χ0v) is 9.94. The van der Waals surface area contributed by atoms with Crippen LogP contribution in [0.25, 0.3) is 0 Å². The van der Waals surface area contributed by atoms with Crippen molar-refractivity contribution in [2.24, 2.45) is 5.92 Å².